The summed E-state index contributed by atoms with van der Waals surface area (Å²) < 4.78 is 0. The van der Waals surface area contributed by atoms with E-state index in [1.165, 1.54) is 12.8 Å². The number of carbonyl (C=O) groups is 1. The first-order valence-electron chi connectivity index (χ1n) is 6.22. The molecule has 0 heterocycles. The quantitative estimate of drug-likeness (QED) is 0.802. The Balaban J connectivity index is 1.88. The van der Waals surface area contributed by atoms with Crippen LogP contribution in [-0.4, -0.2) is 35.6 Å². The molecule has 1 aliphatic carbocycles. The summed E-state index contributed by atoms with van der Waals surface area (Å²) in [7, 11) is 0. The monoisotopic (exact) mass is 243 g/mol. The summed E-state index contributed by atoms with van der Waals surface area (Å²) >= 11 is 0. The molecule has 0 amide bonds. The summed E-state index contributed by atoms with van der Waals surface area (Å²) in [4.78, 5) is 12.7. The molecule has 1 aliphatic rings. The van der Waals surface area contributed by atoms with Crippen LogP contribution in [0.25, 0.3) is 0 Å². The second-order valence-electron chi connectivity index (χ2n) is 4.67. The normalized spacial score (nSPS) is 14.1. The van der Waals surface area contributed by atoms with Crippen molar-refractivity contribution in [3.05, 3.63) is 35.9 Å². The van der Waals surface area contributed by atoms with Crippen molar-refractivity contribution in [3.8, 4) is 11.8 Å². The SMILES string of the molecule is O=C(O)CN(CC#Cc1ccccc1)CC1CC1. The van der Waals surface area contributed by atoms with E-state index < -0.39 is 5.97 Å². The number of aliphatic carboxylic acids is 1. The molecular weight excluding hydrogens is 226 g/mol. The molecule has 3 nitrogen and oxygen atoms in total. The molecule has 0 saturated heterocycles. The third-order valence-electron chi connectivity index (χ3n) is 2.88. The van der Waals surface area contributed by atoms with Crippen LogP contribution in [0.3, 0.4) is 0 Å². The van der Waals surface area contributed by atoms with Gasteiger partial charge in [-0.05, 0) is 30.9 Å². The minimum Gasteiger partial charge on any atom is -0.480 e. The minimum atomic E-state index is -0.780. The lowest BCUT2D eigenvalue weighted by molar-refractivity contribution is -0.138. The number of benzene rings is 1. The lowest BCUT2D eigenvalue weighted by Crippen LogP contribution is -2.32. The molecule has 1 N–H and O–H groups in total. The van der Waals surface area contributed by atoms with Gasteiger partial charge in [-0.15, -0.1) is 0 Å². The van der Waals surface area contributed by atoms with E-state index in [0.29, 0.717) is 12.5 Å². The van der Waals surface area contributed by atoms with E-state index in [1.807, 2.05) is 35.2 Å². The highest BCUT2D eigenvalue weighted by molar-refractivity contribution is 5.69. The molecule has 18 heavy (non-hydrogen) atoms. The van der Waals surface area contributed by atoms with E-state index >= 15 is 0 Å². The molecule has 1 saturated carbocycles. The van der Waals surface area contributed by atoms with Crippen LogP contribution < -0.4 is 0 Å². The fourth-order valence-corrected chi connectivity index (χ4v) is 1.82. The van der Waals surface area contributed by atoms with Crippen LogP contribution >= 0.6 is 0 Å². The van der Waals surface area contributed by atoms with E-state index in [1.54, 1.807) is 0 Å². The zero-order chi connectivity index (χ0) is 12.8. The Labute approximate surface area is 107 Å². The van der Waals surface area contributed by atoms with Crippen molar-refractivity contribution >= 4 is 5.97 Å². The van der Waals surface area contributed by atoms with Gasteiger partial charge in [-0.25, -0.2) is 0 Å². The highest BCUT2D eigenvalue weighted by atomic mass is 16.4. The molecule has 0 unspecified atom stereocenters. The average molecular weight is 243 g/mol. The molecule has 0 radical (unpaired) electrons. The predicted molar refractivity (Wildman–Crippen MR) is 70.1 cm³/mol. The summed E-state index contributed by atoms with van der Waals surface area (Å²) in [5, 5.41) is 8.84. The van der Waals surface area contributed by atoms with Crippen molar-refractivity contribution in [2.75, 3.05) is 19.6 Å². The van der Waals surface area contributed by atoms with Crippen LogP contribution in [-0.2, 0) is 4.79 Å². The zero-order valence-electron chi connectivity index (χ0n) is 10.3. The largest absolute Gasteiger partial charge is 0.480 e. The van der Waals surface area contributed by atoms with E-state index in [-0.39, 0.29) is 6.54 Å². The highest BCUT2D eigenvalue weighted by Crippen LogP contribution is 2.29. The van der Waals surface area contributed by atoms with E-state index in [2.05, 4.69) is 11.8 Å². The molecule has 3 heteroatoms. The van der Waals surface area contributed by atoms with Crippen LogP contribution in [0.2, 0.25) is 0 Å². The van der Waals surface area contributed by atoms with Gasteiger partial charge in [-0.1, -0.05) is 30.0 Å². The Kier molecular flexibility index (Phi) is 4.38. The van der Waals surface area contributed by atoms with Gasteiger partial charge in [-0.2, -0.15) is 0 Å². The number of hydrogen-bond acceptors (Lipinski definition) is 2. The number of carboxylic acids is 1. The molecule has 94 valence electrons. The minimum absolute atomic E-state index is 0.0833. The van der Waals surface area contributed by atoms with E-state index in [4.69, 9.17) is 5.11 Å². The standard InChI is InChI=1S/C15H17NO2/c17-15(18)12-16(11-14-8-9-14)10-4-7-13-5-2-1-3-6-13/h1-3,5-6,14H,8-12H2,(H,17,18). The second-order valence-corrected chi connectivity index (χ2v) is 4.67. The van der Waals surface area contributed by atoms with Gasteiger partial charge in [0.15, 0.2) is 0 Å². The molecule has 1 aromatic carbocycles. The van der Waals surface area contributed by atoms with E-state index in [0.717, 1.165) is 12.1 Å². The molecule has 0 aromatic heterocycles. The number of rotatable bonds is 5. The lowest BCUT2D eigenvalue weighted by atomic mass is 10.2. The molecule has 0 spiro atoms. The van der Waals surface area contributed by atoms with E-state index in [9.17, 15) is 4.79 Å². The number of hydrogen-bond donors (Lipinski definition) is 1. The highest BCUT2D eigenvalue weighted by Gasteiger charge is 2.24. The maximum absolute atomic E-state index is 10.8. The van der Waals surface area contributed by atoms with Crippen molar-refractivity contribution in [1.29, 1.82) is 0 Å². The Hall–Kier alpha value is -1.79. The fourth-order valence-electron chi connectivity index (χ4n) is 1.82. The fraction of sp³-hybridized carbons (Fsp3) is 0.400. The van der Waals surface area contributed by atoms with Gasteiger partial charge in [0.25, 0.3) is 0 Å². The van der Waals surface area contributed by atoms with Crippen molar-refractivity contribution in [3.63, 3.8) is 0 Å². The molecule has 0 aliphatic heterocycles. The summed E-state index contributed by atoms with van der Waals surface area (Å²) in [6, 6.07) is 9.76. The van der Waals surface area contributed by atoms with Crippen LogP contribution in [0.5, 0.6) is 0 Å². The van der Waals surface area contributed by atoms with Gasteiger partial charge in [-0.3, -0.25) is 9.69 Å². The van der Waals surface area contributed by atoms with Gasteiger partial charge in [0.1, 0.15) is 0 Å². The number of nitrogens with zero attached hydrogens (tertiary/aromatic N) is 1. The van der Waals surface area contributed by atoms with Gasteiger partial charge in [0, 0.05) is 12.1 Å². The first-order chi connectivity index (χ1) is 8.74. The Morgan fingerprint density at radius 1 is 1.33 bits per heavy atom. The van der Waals surface area contributed by atoms with Gasteiger partial charge >= 0.3 is 5.97 Å². The second kappa shape index (κ2) is 6.23. The number of carboxylic acid groups (broad SMARTS) is 1. The van der Waals surface area contributed by atoms with Crippen molar-refractivity contribution < 1.29 is 9.90 Å². The maximum Gasteiger partial charge on any atom is 0.317 e. The Morgan fingerprint density at radius 2 is 2.06 bits per heavy atom. The first-order valence-corrected chi connectivity index (χ1v) is 6.22. The van der Waals surface area contributed by atoms with Crippen LogP contribution in [0, 0.1) is 17.8 Å². The Bertz CT molecular complexity index is 454. The molecule has 2 rings (SSSR count). The molecule has 1 aromatic rings. The predicted octanol–water partition coefficient (Wildman–Crippen LogP) is 1.83. The van der Waals surface area contributed by atoms with Gasteiger partial charge in [0.05, 0.1) is 13.1 Å². The molecule has 0 atom stereocenters. The smallest absolute Gasteiger partial charge is 0.317 e. The van der Waals surface area contributed by atoms with Crippen LogP contribution in [0.15, 0.2) is 30.3 Å². The van der Waals surface area contributed by atoms with Crippen LogP contribution in [0.4, 0.5) is 0 Å². The van der Waals surface area contributed by atoms with Crippen LogP contribution in [0.1, 0.15) is 18.4 Å². The van der Waals surface area contributed by atoms with Crippen molar-refractivity contribution in [1.82, 2.24) is 4.90 Å². The summed E-state index contributed by atoms with van der Waals surface area (Å²) in [5.74, 6) is 6.01. The first kappa shape index (κ1) is 12.7. The topological polar surface area (TPSA) is 40.5 Å². The van der Waals surface area contributed by atoms with Gasteiger partial charge in [0.2, 0.25) is 0 Å². The third kappa shape index (κ3) is 4.60. The molecule has 1 fully saturated rings. The molecular formula is C15H17NO2. The zero-order valence-corrected chi connectivity index (χ0v) is 10.3. The third-order valence-corrected chi connectivity index (χ3v) is 2.88. The average Bonchev–Trinajstić information content (AvgIpc) is 3.13. The maximum atomic E-state index is 10.8. The van der Waals surface area contributed by atoms with Gasteiger partial charge < -0.3 is 5.11 Å². The lowest BCUT2D eigenvalue weighted by Gasteiger charge is -2.16. The summed E-state index contributed by atoms with van der Waals surface area (Å²) in [5.41, 5.74) is 0.971. The Morgan fingerprint density at radius 3 is 2.67 bits per heavy atom. The van der Waals surface area contributed by atoms with Crippen molar-refractivity contribution in [2.24, 2.45) is 5.92 Å². The summed E-state index contributed by atoms with van der Waals surface area (Å²) in [6.07, 6.45) is 2.45. The summed E-state index contributed by atoms with van der Waals surface area (Å²) in [6.45, 7) is 1.47. The molecule has 0 bridgehead atoms. The van der Waals surface area contributed by atoms with Crippen molar-refractivity contribution in [2.45, 2.75) is 12.8 Å².